The van der Waals surface area contributed by atoms with Crippen LogP contribution in [0.15, 0.2) is 54.6 Å². The van der Waals surface area contributed by atoms with Crippen molar-refractivity contribution in [1.82, 2.24) is 0 Å². The van der Waals surface area contributed by atoms with Crippen LogP contribution >= 0.6 is 0 Å². The molecule has 0 aliphatic rings. The summed E-state index contributed by atoms with van der Waals surface area (Å²) in [5.74, 6) is -0.767. The highest BCUT2D eigenvalue weighted by atomic mass is 16.5. The Morgan fingerprint density at radius 2 is 1.57 bits per heavy atom. The fourth-order valence-electron chi connectivity index (χ4n) is 2.05. The second kappa shape index (κ2) is 8.73. The van der Waals surface area contributed by atoms with Gasteiger partial charge in [-0.2, -0.15) is 0 Å². The van der Waals surface area contributed by atoms with E-state index in [2.05, 4.69) is 6.92 Å². The van der Waals surface area contributed by atoms with Gasteiger partial charge in [-0.1, -0.05) is 50.1 Å². The highest BCUT2D eigenvalue weighted by Gasteiger charge is 2.16. The SMILES string of the molecule is CCCCCOC(=O)c1ccccc1OC(=O)c1ccccc1. The molecule has 4 heteroatoms. The van der Waals surface area contributed by atoms with Crippen molar-refractivity contribution in [3.8, 4) is 5.75 Å². The third kappa shape index (κ3) is 4.95. The molecule has 0 aromatic heterocycles. The Balaban J connectivity index is 2.05. The normalized spacial score (nSPS) is 10.1. The standard InChI is InChI=1S/C19H20O4/c1-2-3-9-14-22-19(21)16-12-7-8-13-17(16)23-18(20)15-10-5-4-6-11-15/h4-8,10-13H,2-3,9,14H2,1H3. The van der Waals surface area contributed by atoms with Gasteiger partial charge in [-0.15, -0.1) is 0 Å². The fourth-order valence-corrected chi connectivity index (χ4v) is 2.05. The van der Waals surface area contributed by atoms with E-state index in [4.69, 9.17) is 9.47 Å². The largest absolute Gasteiger partial charge is 0.462 e. The monoisotopic (exact) mass is 312 g/mol. The van der Waals surface area contributed by atoms with Gasteiger partial charge in [0.25, 0.3) is 0 Å². The van der Waals surface area contributed by atoms with Crippen LogP contribution in [0.1, 0.15) is 46.9 Å². The van der Waals surface area contributed by atoms with Crippen LogP contribution in [-0.2, 0) is 4.74 Å². The summed E-state index contributed by atoms with van der Waals surface area (Å²) in [5.41, 5.74) is 0.687. The minimum Gasteiger partial charge on any atom is -0.462 e. The van der Waals surface area contributed by atoms with Gasteiger partial charge in [0.15, 0.2) is 0 Å². The van der Waals surface area contributed by atoms with E-state index >= 15 is 0 Å². The van der Waals surface area contributed by atoms with Crippen molar-refractivity contribution in [2.24, 2.45) is 0 Å². The molecule has 0 spiro atoms. The molecule has 2 rings (SSSR count). The van der Waals surface area contributed by atoms with Gasteiger partial charge in [-0.25, -0.2) is 9.59 Å². The Morgan fingerprint density at radius 3 is 2.30 bits per heavy atom. The first-order valence-electron chi connectivity index (χ1n) is 7.75. The number of para-hydroxylation sites is 1. The van der Waals surface area contributed by atoms with E-state index in [1.54, 1.807) is 48.5 Å². The topological polar surface area (TPSA) is 52.6 Å². The maximum Gasteiger partial charge on any atom is 0.343 e. The zero-order valence-corrected chi connectivity index (χ0v) is 13.2. The van der Waals surface area contributed by atoms with Crippen molar-refractivity contribution in [2.75, 3.05) is 6.61 Å². The lowest BCUT2D eigenvalue weighted by Gasteiger charge is -2.10. The van der Waals surface area contributed by atoms with E-state index in [9.17, 15) is 9.59 Å². The molecule has 0 aliphatic heterocycles. The maximum atomic E-state index is 12.1. The predicted octanol–water partition coefficient (Wildman–Crippen LogP) is 4.25. The van der Waals surface area contributed by atoms with E-state index in [1.165, 1.54) is 0 Å². The van der Waals surface area contributed by atoms with Crippen LogP contribution in [-0.4, -0.2) is 18.5 Å². The lowest BCUT2D eigenvalue weighted by atomic mass is 10.2. The van der Waals surface area contributed by atoms with Gasteiger partial charge in [-0.05, 0) is 30.7 Å². The second-order valence-electron chi connectivity index (χ2n) is 5.09. The minimum absolute atomic E-state index is 0.210. The third-order valence-corrected chi connectivity index (χ3v) is 3.30. The lowest BCUT2D eigenvalue weighted by Crippen LogP contribution is -2.13. The Morgan fingerprint density at radius 1 is 0.870 bits per heavy atom. The highest BCUT2D eigenvalue weighted by molar-refractivity contribution is 5.96. The Hall–Kier alpha value is -2.62. The van der Waals surface area contributed by atoms with Crippen LogP contribution in [0.4, 0.5) is 0 Å². The van der Waals surface area contributed by atoms with Crippen LogP contribution < -0.4 is 4.74 Å². The van der Waals surface area contributed by atoms with E-state index in [0.29, 0.717) is 12.2 Å². The molecule has 0 radical (unpaired) electrons. The van der Waals surface area contributed by atoms with Gasteiger partial charge in [0.1, 0.15) is 11.3 Å². The molecule has 4 nitrogen and oxygen atoms in total. The Labute approximate surface area is 136 Å². The number of carbonyl (C=O) groups is 2. The van der Waals surface area contributed by atoms with E-state index in [1.807, 2.05) is 6.07 Å². The first kappa shape index (κ1) is 16.7. The number of hydrogen-bond acceptors (Lipinski definition) is 4. The predicted molar refractivity (Wildman–Crippen MR) is 87.7 cm³/mol. The second-order valence-corrected chi connectivity index (χ2v) is 5.09. The average molecular weight is 312 g/mol. The minimum atomic E-state index is -0.503. The number of ether oxygens (including phenoxy) is 2. The molecule has 2 aromatic carbocycles. The summed E-state index contributed by atoms with van der Waals surface area (Å²) >= 11 is 0. The quantitative estimate of drug-likeness (QED) is 0.435. The van der Waals surface area contributed by atoms with Gasteiger partial charge in [-0.3, -0.25) is 0 Å². The van der Waals surface area contributed by atoms with Crippen LogP contribution in [0.5, 0.6) is 5.75 Å². The number of benzene rings is 2. The van der Waals surface area contributed by atoms with Crippen molar-refractivity contribution in [3.05, 3.63) is 65.7 Å². The summed E-state index contributed by atoms with van der Waals surface area (Å²) in [7, 11) is 0. The van der Waals surface area contributed by atoms with Crippen LogP contribution in [0.2, 0.25) is 0 Å². The Bertz CT molecular complexity index is 649. The molecule has 0 amide bonds. The summed E-state index contributed by atoms with van der Waals surface area (Å²) < 4.78 is 10.6. The fraction of sp³-hybridized carbons (Fsp3) is 0.263. The number of esters is 2. The van der Waals surface area contributed by atoms with E-state index < -0.39 is 11.9 Å². The molecule has 120 valence electrons. The van der Waals surface area contributed by atoms with Gasteiger partial charge < -0.3 is 9.47 Å². The molecule has 0 unspecified atom stereocenters. The van der Waals surface area contributed by atoms with Crippen molar-refractivity contribution in [2.45, 2.75) is 26.2 Å². The number of unbranched alkanes of at least 4 members (excludes halogenated alkanes) is 2. The van der Waals surface area contributed by atoms with Gasteiger partial charge >= 0.3 is 11.9 Å². The number of hydrogen-bond donors (Lipinski definition) is 0. The molecular formula is C19H20O4. The molecular weight excluding hydrogens is 292 g/mol. The molecule has 0 atom stereocenters. The van der Waals surface area contributed by atoms with Gasteiger partial charge in [0, 0.05) is 0 Å². The van der Waals surface area contributed by atoms with Crippen molar-refractivity contribution < 1.29 is 19.1 Å². The first-order valence-corrected chi connectivity index (χ1v) is 7.75. The summed E-state index contributed by atoms with van der Waals surface area (Å²) in [6.45, 7) is 2.45. The summed E-state index contributed by atoms with van der Waals surface area (Å²) in [6.07, 6.45) is 2.90. The molecule has 0 fully saturated rings. The average Bonchev–Trinajstić information content (AvgIpc) is 2.60. The van der Waals surface area contributed by atoms with Crippen LogP contribution in [0, 0.1) is 0 Å². The van der Waals surface area contributed by atoms with Crippen molar-refractivity contribution in [1.29, 1.82) is 0 Å². The van der Waals surface area contributed by atoms with E-state index in [-0.39, 0.29) is 11.3 Å². The highest BCUT2D eigenvalue weighted by Crippen LogP contribution is 2.20. The smallest absolute Gasteiger partial charge is 0.343 e. The third-order valence-electron chi connectivity index (χ3n) is 3.30. The molecule has 0 saturated heterocycles. The molecule has 0 saturated carbocycles. The van der Waals surface area contributed by atoms with E-state index in [0.717, 1.165) is 19.3 Å². The van der Waals surface area contributed by atoms with Gasteiger partial charge in [0.05, 0.1) is 12.2 Å². The molecule has 0 heterocycles. The summed E-state index contributed by atoms with van der Waals surface area (Å²) in [5, 5.41) is 0. The summed E-state index contributed by atoms with van der Waals surface area (Å²) in [6, 6.07) is 15.2. The molecule has 23 heavy (non-hydrogen) atoms. The summed E-state index contributed by atoms with van der Waals surface area (Å²) in [4.78, 5) is 24.2. The number of carbonyl (C=O) groups excluding carboxylic acids is 2. The molecule has 0 aliphatic carbocycles. The Kier molecular flexibility index (Phi) is 6.36. The maximum absolute atomic E-state index is 12.1. The molecule has 0 bridgehead atoms. The number of rotatable bonds is 7. The lowest BCUT2D eigenvalue weighted by molar-refractivity contribution is 0.0493. The molecule has 0 N–H and O–H groups in total. The zero-order valence-electron chi connectivity index (χ0n) is 13.2. The first-order chi connectivity index (χ1) is 11.2. The zero-order chi connectivity index (χ0) is 16.5. The van der Waals surface area contributed by atoms with Crippen LogP contribution in [0.3, 0.4) is 0 Å². The van der Waals surface area contributed by atoms with Crippen LogP contribution in [0.25, 0.3) is 0 Å². The van der Waals surface area contributed by atoms with Crippen molar-refractivity contribution >= 4 is 11.9 Å². The van der Waals surface area contributed by atoms with Gasteiger partial charge in [0.2, 0.25) is 0 Å². The molecule has 2 aromatic rings. The van der Waals surface area contributed by atoms with Crippen molar-refractivity contribution in [3.63, 3.8) is 0 Å².